The highest BCUT2D eigenvalue weighted by molar-refractivity contribution is 5.35. The third-order valence-corrected chi connectivity index (χ3v) is 3.74. The predicted octanol–water partition coefficient (Wildman–Crippen LogP) is 3.09. The summed E-state index contributed by atoms with van der Waals surface area (Å²) in [5.74, 6) is 0.589. The predicted molar refractivity (Wildman–Crippen MR) is 85.2 cm³/mol. The first-order valence-electron chi connectivity index (χ1n) is 7.32. The molecule has 0 bridgehead atoms. The van der Waals surface area contributed by atoms with Crippen molar-refractivity contribution in [3.8, 4) is 5.75 Å². The summed E-state index contributed by atoms with van der Waals surface area (Å²) < 4.78 is 0. The minimum absolute atomic E-state index is 0.00801. The summed E-state index contributed by atoms with van der Waals surface area (Å²) in [5, 5.41) is 22.6. The summed E-state index contributed by atoms with van der Waals surface area (Å²) in [6.45, 7) is 4.28. The van der Waals surface area contributed by atoms with Crippen LogP contribution in [0.4, 0.5) is 0 Å². The first kappa shape index (κ1) is 15.5. The quantitative estimate of drug-likeness (QED) is 0.764. The zero-order valence-corrected chi connectivity index (χ0v) is 12.5. The van der Waals surface area contributed by atoms with E-state index in [1.165, 1.54) is 0 Å². The van der Waals surface area contributed by atoms with Crippen molar-refractivity contribution in [2.24, 2.45) is 5.92 Å². The van der Waals surface area contributed by atoms with E-state index in [0.717, 1.165) is 11.1 Å². The van der Waals surface area contributed by atoms with Crippen LogP contribution in [-0.2, 0) is 0 Å². The number of phenols is 1. The standard InChI is InChI=1S/C18H23NO2/c1-13(2)17(12-20)19-18(14-6-4-3-5-7-14)15-8-10-16(21)11-9-15/h3-11,13,17-21H,12H2,1-2H3. The number of aliphatic hydroxyl groups is 1. The minimum atomic E-state index is -0.00801. The van der Waals surface area contributed by atoms with Gasteiger partial charge in [-0.1, -0.05) is 56.3 Å². The van der Waals surface area contributed by atoms with Crippen LogP contribution in [0.25, 0.3) is 0 Å². The molecule has 0 aliphatic rings. The van der Waals surface area contributed by atoms with Gasteiger partial charge in [-0.15, -0.1) is 0 Å². The molecule has 2 aromatic rings. The van der Waals surface area contributed by atoms with Gasteiger partial charge in [0.25, 0.3) is 0 Å². The van der Waals surface area contributed by atoms with Gasteiger partial charge in [-0.3, -0.25) is 0 Å². The number of phenolic OH excluding ortho intramolecular Hbond substituents is 1. The van der Waals surface area contributed by atoms with Crippen molar-refractivity contribution in [2.75, 3.05) is 6.61 Å². The average molecular weight is 285 g/mol. The van der Waals surface area contributed by atoms with E-state index in [9.17, 15) is 10.2 Å². The van der Waals surface area contributed by atoms with Crippen molar-refractivity contribution in [1.82, 2.24) is 5.32 Å². The minimum Gasteiger partial charge on any atom is -0.508 e. The van der Waals surface area contributed by atoms with Gasteiger partial charge in [0.15, 0.2) is 0 Å². The van der Waals surface area contributed by atoms with Crippen molar-refractivity contribution >= 4 is 0 Å². The largest absolute Gasteiger partial charge is 0.508 e. The van der Waals surface area contributed by atoms with Gasteiger partial charge in [-0.05, 0) is 29.2 Å². The van der Waals surface area contributed by atoms with Crippen LogP contribution in [-0.4, -0.2) is 22.9 Å². The number of nitrogens with one attached hydrogen (secondary N) is 1. The first-order valence-corrected chi connectivity index (χ1v) is 7.32. The summed E-state index contributed by atoms with van der Waals surface area (Å²) in [6, 6.07) is 17.4. The van der Waals surface area contributed by atoms with Crippen LogP contribution in [0.2, 0.25) is 0 Å². The highest BCUT2D eigenvalue weighted by Gasteiger charge is 2.20. The lowest BCUT2D eigenvalue weighted by atomic mass is 9.95. The van der Waals surface area contributed by atoms with E-state index in [0.29, 0.717) is 5.92 Å². The fourth-order valence-corrected chi connectivity index (χ4v) is 2.37. The molecule has 0 spiro atoms. The average Bonchev–Trinajstić information content (AvgIpc) is 2.50. The number of hydrogen-bond donors (Lipinski definition) is 3. The zero-order chi connectivity index (χ0) is 15.2. The molecular formula is C18H23NO2. The maximum Gasteiger partial charge on any atom is 0.115 e. The second kappa shape index (κ2) is 7.25. The fourth-order valence-electron chi connectivity index (χ4n) is 2.37. The third-order valence-electron chi connectivity index (χ3n) is 3.74. The Morgan fingerprint density at radius 2 is 1.48 bits per heavy atom. The maximum atomic E-state index is 9.58. The zero-order valence-electron chi connectivity index (χ0n) is 12.5. The van der Waals surface area contributed by atoms with Crippen LogP contribution in [0, 0.1) is 5.92 Å². The molecule has 0 heterocycles. The van der Waals surface area contributed by atoms with E-state index in [1.807, 2.05) is 30.3 Å². The highest BCUT2D eigenvalue weighted by Crippen LogP contribution is 2.25. The topological polar surface area (TPSA) is 52.5 Å². The second-order valence-corrected chi connectivity index (χ2v) is 5.63. The van der Waals surface area contributed by atoms with E-state index in [2.05, 4.69) is 31.3 Å². The van der Waals surface area contributed by atoms with Crippen LogP contribution < -0.4 is 5.32 Å². The molecule has 0 aromatic heterocycles. The highest BCUT2D eigenvalue weighted by atomic mass is 16.3. The van der Waals surface area contributed by atoms with Gasteiger partial charge < -0.3 is 15.5 Å². The Kier molecular flexibility index (Phi) is 5.37. The molecule has 0 fully saturated rings. The van der Waals surface area contributed by atoms with Crippen LogP contribution in [0.3, 0.4) is 0 Å². The Bertz CT molecular complexity index is 537. The van der Waals surface area contributed by atoms with Gasteiger partial charge >= 0.3 is 0 Å². The number of aliphatic hydroxyl groups excluding tert-OH is 1. The molecule has 2 aromatic carbocycles. The van der Waals surface area contributed by atoms with Gasteiger partial charge in [-0.2, -0.15) is 0 Å². The Morgan fingerprint density at radius 3 is 2.00 bits per heavy atom. The molecule has 3 N–H and O–H groups in total. The van der Waals surface area contributed by atoms with E-state index in [1.54, 1.807) is 12.1 Å². The summed E-state index contributed by atoms with van der Waals surface area (Å²) in [6.07, 6.45) is 0. The monoisotopic (exact) mass is 285 g/mol. The van der Waals surface area contributed by atoms with E-state index < -0.39 is 0 Å². The molecule has 0 saturated heterocycles. The van der Waals surface area contributed by atoms with E-state index in [-0.39, 0.29) is 24.4 Å². The second-order valence-electron chi connectivity index (χ2n) is 5.63. The summed E-state index contributed by atoms with van der Waals surface area (Å²) >= 11 is 0. The van der Waals surface area contributed by atoms with Crippen molar-refractivity contribution in [3.63, 3.8) is 0 Å². The maximum absolute atomic E-state index is 9.58. The van der Waals surface area contributed by atoms with E-state index in [4.69, 9.17) is 0 Å². The smallest absolute Gasteiger partial charge is 0.115 e. The number of rotatable bonds is 6. The molecule has 0 amide bonds. The number of benzene rings is 2. The fraction of sp³-hybridized carbons (Fsp3) is 0.333. The van der Waals surface area contributed by atoms with Gasteiger partial charge in [0.2, 0.25) is 0 Å². The summed E-state index contributed by atoms with van der Waals surface area (Å²) in [4.78, 5) is 0. The van der Waals surface area contributed by atoms with Crippen molar-refractivity contribution in [3.05, 3.63) is 65.7 Å². The molecule has 0 saturated carbocycles. The van der Waals surface area contributed by atoms with Gasteiger partial charge in [-0.25, -0.2) is 0 Å². The van der Waals surface area contributed by atoms with Gasteiger partial charge in [0, 0.05) is 6.04 Å². The molecular weight excluding hydrogens is 262 g/mol. The Labute approximate surface area is 126 Å². The van der Waals surface area contributed by atoms with Crippen molar-refractivity contribution < 1.29 is 10.2 Å². The molecule has 112 valence electrons. The molecule has 2 atom stereocenters. The van der Waals surface area contributed by atoms with Crippen LogP contribution in [0.15, 0.2) is 54.6 Å². The van der Waals surface area contributed by atoms with E-state index >= 15 is 0 Å². The van der Waals surface area contributed by atoms with Gasteiger partial charge in [0.05, 0.1) is 12.6 Å². The normalized spacial score (nSPS) is 14.1. The van der Waals surface area contributed by atoms with Gasteiger partial charge in [0.1, 0.15) is 5.75 Å². The Hall–Kier alpha value is -1.84. The molecule has 2 unspecified atom stereocenters. The lowest BCUT2D eigenvalue weighted by Gasteiger charge is -2.28. The molecule has 0 aliphatic carbocycles. The Morgan fingerprint density at radius 1 is 0.905 bits per heavy atom. The molecule has 21 heavy (non-hydrogen) atoms. The van der Waals surface area contributed by atoms with Crippen molar-refractivity contribution in [1.29, 1.82) is 0 Å². The molecule has 0 aliphatic heterocycles. The molecule has 3 nitrogen and oxygen atoms in total. The first-order chi connectivity index (χ1) is 10.1. The number of hydrogen-bond acceptors (Lipinski definition) is 3. The lowest BCUT2D eigenvalue weighted by Crippen LogP contribution is -2.40. The molecule has 0 radical (unpaired) electrons. The number of aromatic hydroxyl groups is 1. The summed E-state index contributed by atoms with van der Waals surface area (Å²) in [5.41, 5.74) is 2.21. The SMILES string of the molecule is CC(C)C(CO)NC(c1ccccc1)c1ccc(O)cc1. The summed E-state index contributed by atoms with van der Waals surface area (Å²) in [7, 11) is 0. The molecule has 3 heteroatoms. The Balaban J connectivity index is 2.33. The van der Waals surface area contributed by atoms with Crippen LogP contribution in [0.5, 0.6) is 5.75 Å². The molecule has 2 rings (SSSR count). The lowest BCUT2D eigenvalue weighted by molar-refractivity contribution is 0.204. The van der Waals surface area contributed by atoms with Crippen LogP contribution >= 0.6 is 0 Å². The van der Waals surface area contributed by atoms with Crippen molar-refractivity contribution in [2.45, 2.75) is 25.9 Å². The third kappa shape index (κ3) is 4.06. The van der Waals surface area contributed by atoms with Crippen LogP contribution in [0.1, 0.15) is 31.0 Å².